The lowest BCUT2D eigenvalue weighted by molar-refractivity contribution is -0.123. The van der Waals surface area contributed by atoms with E-state index >= 15 is 0 Å². The highest BCUT2D eigenvalue weighted by Crippen LogP contribution is 2.41. The highest BCUT2D eigenvalue weighted by Gasteiger charge is 2.33. The van der Waals surface area contributed by atoms with Crippen LogP contribution >= 0.6 is 11.3 Å². The maximum Gasteiger partial charge on any atom is 0.230 e. The number of nitrogens with zero attached hydrogens (tertiary/aromatic N) is 4. The number of rotatable bonds is 4. The third-order valence-corrected chi connectivity index (χ3v) is 5.96. The minimum Gasteiger partial charge on any atom is -0.492 e. The molecule has 1 saturated heterocycles. The number of fused-ring (bicyclic) bond motifs is 1. The summed E-state index contributed by atoms with van der Waals surface area (Å²) in [5.41, 5.74) is 6.30. The highest BCUT2D eigenvalue weighted by atomic mass is 32.1. The number of primary amides is 1. The molecule has 2 aromatic heterocycles. The molecular weight excluding hydrogens is 357 g/mol. The van der Waals surface area contributed by atoms with E-state index in [2.05, 4.69) is 15.0 Å². The second-order valence-corrected chi connectivity index (χ2v) is 7.42. The molecule has 3 N–H and O–H groups in total. The Balaban J connectivity index is 1.72. The summed E-state index contributed by atoms with van der Waals surface area (Å²) in [5, 5.41) is 14.7. The van der Waals surface area contributed by atoms with Crippen molar-refractivity contribution >= 4 is 22.2 Å². The van der Waals surface area contributed by atoms with Gasteiger partial charge in [-0.1, -0.05) is 23.5 Å². The summed E-state index contributed by atoms with van der Waals surface area (Å²) in [5.74, 6) is -0.679. The van der Waals surface area contributed by atoms with Crippen LogP contribution in [0, 0.1) is 11.7 Å². The average Bonchev–Trinajstić information content (AvgIpc) is 3.21. The van der Waals surface area contributed by atoms with Gasteiger partial charge in [-0.25, -0.2) is 9.37 Å². The maximum atomic E-state index is 13.4. The van der Waals surface area contributed by atoms with E-state index in [1.807, 2.05) is 0 Å². The van der Waals surface area contributed by atoms with Crippen LogP contribution in [0.4, 0.5) is 4.39 Å². The average molecular weight is 375 g/mol. The Bertz CT molecular complexity index is 930. The fourth-order valence-electron chi connectivity index (χ4n) is 3.49. The summed E-state index contributed by atoms with van der Waals surface area (Å²) in [7, 11) is 0. The number of likely N-dealkylation sites (tertiary alicyclic amines) is 1. The number of nitrogens with two attached hydrogens (primary N) is 1. The lowest BCUT2D eigenvalue weighted by Crippen LogP contribution is -2.40. The second kappa shape index (κ2) is 6.65. The summed E-state index contributed by atoms with van der Waals surface area (Å²) in [6, 6.07) is 5.99. The van der Waals surface area contributed by atoms with Crippen molar-refractivity contribution in [3.8, 4) is 5.88 Å². The van der Waals surface area contributed by atoms with Crippen LogP contribution in [0.2, 0.25) is 0 Å². The summed E-state index contributed by atoms with van der Waals surface area (Å²) >= 11 is 1.35. The van der Waals surface area contributed by atoms with Crippen molar-refractivity contribution in [1.29, 1.82) is 0 Å². The predicted octanol–water partition coefficient (Wildman–Crippen LogP) is 1.92. The SMILES string of the molecule is NC(=O)C1CCN([C@@H](c2ccc(F)cc2)c2sc3ncnn3c2O)CC1. The molecule has 0 spiro atoms. The third kappa shape index (κ3) is 2.93. The molecule has 1 aliphatic heterocycles. The van der Waals surface area contributed by atoms with E-state index < -0.39 is 0 Å². The fraction of sp³-hybridized carbons (Fsp3) is 0.353. The van der Waals surface area contributed by atoms with Gasteiger partial charge in [-0.05, 0) is 43.6 Å². The first-order chi connectivity index (χ1) is 12.5. The molecule has 3 aromatic rings. The molecule has 1 atom stereocenters. The molecule has 0 radical (unpaired) electrons. The molecule has 7 nitrogen and oxygen atoms in total. The summed E-state index contributed by atoms with van der Waals surface area (Å²) in [6.07, 6.45) is 2.71. The van der Waals surface area contributed by atoms with E-state index in [9.17, 15) is 14.3 Å². The van der Waals surface area contributed by atoms with Gasteiger partial charge in [0.1, 0.15) is 12.1 Å². The van der Waals surface area contributed by atoms with Crippen molar-refractivity contribution < 1.29 is 14.3 Å². The zero-order valence-corrected chi connectivity index (χ0v) is 14.7. The molecule has 0 bridgehead atoms. The normalized spacial score (nSPS) is 17.6. The van der Waals surface area contributed by atoms with Crippen molar-refractivity contribution in [2.24, 2.45) is 11.7 Å². The smallest absolute Gasteiger partial charge is 0.230 e. The van der Waals surface area contributed by atoms with Crippen LogP contribution in [-0.2, 0) is 4.79 Å². The Kier molecular flexibility index (Phi) is 4.33. The molecule has 1 fully saturated rings. The first-order valence-electron chi connectivity index (χ1n) is 8.35. The Labute approximate surface area is 152 Å². The number of benzene rings is 1. The van der Waals surface area contributed by atoms with Gasteiger partial charge in [-0.3, -0.25) is 9.69 Å². The molecule has 9 heteroatoms. The molecule has 0 aliphatic carbocycles. The standard InChI is InChI=1S/C17H18FN5O2S/c18-12-3-1-10(2-4-12)13(22-7-5-11(6-8-22)15(19)24)14-16(25)23-17(26-14)20-9-21-23/h1-4,9,11,13,25H,5-8H2,(H2,19,24)/t13-/m0/s1. The molecule has 4 rings (SSSR count). The van der Waals surface area contributed by atoms with Crippen LogP contribution in [0.1, 0.15) is 29.3 Å². The predicted molar refractivity (Wildman–Crippen MR) is 94.3 cm³/mol. The molecule has 1 aromatic carbocycles. The van der Waals surface area contributed by atoms with Gasteiger partial charge in [0.15, 0.2) is 0 Å². The van der Waals surface area contributed by atoms with Gasteiger partial charge in [0.25, 0.3) is 0 Å². The van der Waals surface area contributed by atoms with Gasteiger partial charge < -0.3 is 10.8 Å². The van der Waals surface area contributed by atoms with E-state index in [0.29, 0.717) is 35.8 Å². The fourth-order valence-corrected chi connectivity index (χ4v) is 4.58. The zero-order chi connectivity index (χ0) is 18.3. The Morgan fingerprint density at radius 1 is 1.31 bits per heavy atom. The molecule has 0 saturated carbocycles. The van der Waals surface area contributed by atoms with Crippen LogP contribution in [-0.4, -0.2) is 43.6 Å². The number of aromatic hydroxyl groups is 1. The van der Waals surface area contributed by atoms with Crippen molar-refractivity contribution in [1.82, 2.24) is 19.5 Å². The third-order valence-electron chi connectivity index (χ3n) is 4.87. The highest BCUT2D eigenvalue weighted by molar-refractivity contribution is 7.17. The van der Waals surface area contributed by atoms with E-state index in [0.717, 1.165) is 5.56 Å². The van der Waals surface area contributed by atoms with E-state index in [1.165, 1.54) is 34.3 Å². The number of carbonyl (C=O) groups excluding carboxylic acids is 1. The summed E-state index contributed by atoms with van der Waals surface area (Å²) < 4.78 is 14.8. The van der Waals surface area contributed by atoms with E-state index in [-0.39, 0.29) is 29.6 Å². The minimum atomic E-state index is -0.313. The molecule has 136 valence electrons. The Morgan fingerprint density at radius 3 is 2.62 bits per heavy atom. The number of piperidine rings is 1. The van der Waals surface area contributed by atoms with Gasteiger partial charge >= 0.3 is 0 Å². The maximum absolute atomic E-state index is 13.4. The van der Waals surface area contributed by atoms with Crippen LogP contribution < -0.4 is 5.73 Å². The summed E-state index contributed by atoms with van der Waals surface area (Å²) in [4.78, 5) is 19.1. The topological polar surface area (TPSA) is 96.8 Å². The van der Waals surface area contributed by atoms with Gasteiger partial charge in [0.2, 0.25) is 16.7 Å². The zero-order valence-electron chi connectivity index (χ0n) is 13.9. The molecular formula is C17H18FN5O2S. The quantitative estimate of drug-likeness (QED) is 0.726. The number of amides is 1. The van der Waals surface area contributed by atoms with E-state index in [1.54, 1.807) is 12.1 Å². The monoisotopic (exact) mass is 375 g/mol. The molecule has 3 heterocycles. The number of halogens is 1. The number of thiazole rings is 1. The van der Waals surface area contributed by atoms with Crippen LogP contribution in [0.5, 0.6) is 5.88 Å². The van der Waals surface area contributed by atoms with Crippen molar-refractivity contribution in [3.05, 3.63) is 46.9 Å². The van der Waals surface area contributed by atoms with Crippen molar-refractivity contribution in [2.75, 3.05) is 13.1 Å². The van der Waals surface area contributed by atoms with Gasteiger partial charge in [0, 0.05) is 5.92 Å². The number of hydrogen-bond donors (Lipinski definition) is 2. The van der Waals surface area contributed by atoms with Crippen molar-refractivity contribution in [3.63, 3.8) is 0 Å². The Hall–Kier alpha value is -2.52. The van der Waals surface area contributed by atoms with Crippen molar-refractivity contribution in [2.45, 2.75) is 18.9 Å². The largest absolute Gasteiger partial charge is 0.492 e. The molecule has 0 unspecified atom stereocenters. The van der Waals surface area contributed by atoms with E-state index in [4.69, 9.17) is 5.73 Å². The molecule has 26 heavy (non-hydrogen) atoms. The van der Waals surface area contributed by atoms with Gasteiger partial charge in [-0.2, -0.15) is 9.61 Å². The lowest BCUT2D eigenvalue weighted by Gasteiger charge is -2.36. The van der Waals surface area contributed by atoms with Gasteiger partial charge in [0.05, 0.1) is 10.9 Å². The molecule has 1 aliphatic rings. The lowest BCUT2D eigenvalue weighted by atomic mass is 9.93. The second-order valence-electron chi connectivity index (χ2n) is 6.41. The summed E-state index contributed by atoms with van der Waals surface area (Å²) in [6.45, 7) is 1.31. The first-order valence-corrected chi connectivity index (χ1v) is 9.16. The Morgan fingerprint density at radius 2 is 2.00 bits per heavy atom. The first kappa shape index (κ1) is 16.9. The van der Waals surface area contributed by atoms with Crippen LogP contribution in [0.15, 0.2) is 30.6 Å². The number of hydrogen-bond acceptors (Lipinski definition) is 6. The van der Waals surface area contributed by atoms with Gasteiger partial charge in [-0.15, -0.1) is 0 Å². The molecule has 1 amide bonds. The van der Waals surface area contributed by atoms with Crippen LogP contribution in [0.25, 0.3) is 4.96 Å². The van der Waals surface area contributed by atoms with Crippen LogP contribution in [0.3, 0.4) is 0 Å². The number of aromatic nitrogens is 3. The minimum absolute atomic E-state index is 0.0360. The number of carbonyl (C=O) groups is 1.